The summed E-state index contributed by atoms with van der Waals surface area (Å²) < 4.78 is 6.67. The van der Waals surface area contributed by atoms with Crippen LogP contribution in [0.25, 0.3) is 11.1 Å². The van der Waals surface area contributed by atoms with E-state index in [1.54, 1.807) is 4.68 Å². The summed E-state index contributed by atoms with van der Waals surface area (Å²) in [5.74, 6) is 0. The van der Waals surface area contributed by atoms with Crippen LogP contribution in [0.15, 0.2) is 28.8 Å². The molecule has 3 nitrogen and oxygen atoms in total. The van der Waals surface area contributed by atoms with E-state index in [2.05, 4.69) is 5.27 Å². The van der Waals surface area contributed by atoms with Crippen molar-refractivity contribution < 1.29 is 9.20 Å². The lowest BCUT2D eigenvalue weighted by Gasteiger charge is -1.75. The average Bonchev–Trinajstić information content (AvgIpc) is 2.34. The summed E-state index contributed by atoms with van der Waals surface area (Å²) >= 11 is 0. The van der Waals surface area contributed by atoms with Crippen LogP contribution in [0.5, 0.6) is 0 Å². The van der Waals surface area contributed by atoms with Gasteiger partial charge in [0.2, 0.25) is 5.58 Å². The van der Waals surface area contributed by atoms with Gasteiger partial charge in [-0.25, -0.2) is 0 Å². The molecule has 1 aromatic heterocycles. The Hall–Kier alpha value is -1.38. The Morgan fingerprint density at radius 1 is 1.40 bits per heavy atom. The van der Waals surface area contributed by atoms with Gasteiger partial charge in [0.25, 0.3) is 5.52 Å². The summed E-state index contributed by atoms with van der Waals surface area (Å²) in [7, 11) is 1.85. The van der Waals surface area contributed by atoms with Gasteiger partial charge in [-0.15, -0.1) is 0 Å². The van der Waals surface area contributed by atoms with E-state index in [1.807, 2.05) is 31.3 Å². The quantitative estimate of drug-likeness (QED) is 0.496. The molecule has 0 saturated carbocycles. The highest BCUT2D eigenvalue weighted by atomic mass is 16.5. The number of aryl methyl sites for hydroxylation is 1. The third-order valence-corrected chi connectivity index (χ3v) is 1.48. The zero-order valence-electron chi connectivity index (χ0n) is 5.61. The number of benzene rings is 1. The number of rotatable bonds is 0. The number of hydrogen-bond acceptors (Lipinski definition) is 2. The van der Waals surface area contributed by atoms with Gasteiger partial charge in [-0.1, -0.05) is 12.1 Å². The fourth-order valence-electron chi connectivity index (χ4n) is 0.951. The van der Waals surface area contributed by atoms with Crippen LogP contribution in [0.3, 0.4) is 0 Å². The molecule has 0 atom stereocenters. The molecule has 0 spiro atoms. The molecular formula is C7H7N2O+. The lowest BCUT2D eigenvalue weighted by atomic mass is 10.3. The van der Waals surface area contributed by atoms with Gasteiger partial charge < -0.3 is 4.52 Å². The molecular weight excluding hydrogens is 128 g/mol. The molecule has 0 aliphatic carbocycles. The van der Waals surface area contributed by atoms with Gasteiger partial charge in [0.1, 0.15) is 0 Å². The van der Waals surface area contributed by atoms with Crippen LogP contribution in [0, 0.1) is 0 Å². The minimum atomic E-state index is 0.824. The Morgan fingerprint density at radius 3 is 3.00 bits per heavy atom. The zero-order chi connectivity index (χ0) is 6.97. The van der Waals surface area contributed by atoms with Crippen LogP contribution in [0.4, 0.5) is 0 Å². The molecule has 10 heavy (non-hydrogen) atoms. The van der Waals surface area contributed by atoms with E-state index in [-0.39, 0.29) is 0 Å². The molecule has 2 rings (SSSR count). The number of para-hydroxylation sites is 2. The molecule has 0 N–H and O–H groups in total. The minimum Gasteiger partial charge on any atom is -0.300 e. The second-order valence-corrected chi connectivity index (χ2v) is 2.16. The minimum absolute atomic E-state index is 0.824. The van der Waals surface area contributed by atoms with Crippen LogP contribution < -0.4 is 4.68 Å². The number of fused-ring (bicyclic) bond motifs is 1. The van der Waals surface area contributed by atoms with E-state index >= 15 is 0 Å². The number of nitrogens with zero attached hydrogens (tertiary/aromatic N) is 2. The number of hydrogen-bond donors (Lipinski definition) is 0. The first-order valence-electron chi connectivity index (χ1n) is 3.08. The molecule has 0 fully saturated rings. The summed E-state index contributed by atoms with van der Waals surface area (Å²) in [5.41, 5.74) is 1.84. The van der Waals surface area contributed by atoms with Crippen molar-refractivity contribution in [2.75, 3.05) is 0 Å². The van der Waals surface area contributed by atoms with E-state index < -0.39 is 0 Å². The van der Waals surface area contributed by atoms with Crippen molar-refractivity contribution in [2.24, 2.45) is 7.05 Å². The van der Waals surface area contributed by atoms with E-state index in [9.17, 15) is 0 Å². The smallest absolute Gasteiger partial charge is 0.280 e. The second kappa shape index (κ2) is 1.80. The van der Waals surface area contributed by atoms with Gasteiger partial charge in [-0.3, -0.25) is 0 Å². The molecule has 0 aliphatic rings. The highest BCUT2D eigenvalue weighted by Gasteiger charge is 2.08. The first kappa shape index (κ1) is 5.41. The highest BCUT2D eigenvalue weighted by Crippen LogP contribution is 2.05. The van der Waals surface area contributed by atoms with Crippen molar-refractivity contribution in [3.63, 3.8) is 0 Å². The third kappa shape index (κ3) is 0.603. The molecule has 1 aromatic carbocycles. The topological polar surface area (TPSA) is 29.9 Å². The Balaban J connectivity index is 2.93. The summed E-state index contributed by atoms with van der Waals surface area (Å²) in [6.45, 7) is 0. The van der Waals surface area contributed by atoms with E-state index in [0.717, 1.165) is 11.1 Å². The molecule has 2 aromatic rings. The van der Waals surface area contributed by atoms with E-state index in [1.165, 1.54) is 0 Å². The molecule has 3 heteroatoms. The van der Waals surface area contributed by atoms with Crippen LogP contribution >= 0.6 is 0 Å². The zero-order valence-corrected chi connectivity index (χ0v) is 5.61. The lowest BCUT2D eigenvalue weighted by Crippen LogP contribution is -2.29. The van der Waals surface area contributed by atoms with Crippen LogP contribution in [0.1, 0.15) is 0 Å². The second-order valence-electron chi connectivity index (χ2n) is 2.16. The Bertz CT molecular complexity index is 353. The average molecular weight is 135 g/mol. The maximum atomic E-state index is 4.96. The van der Waals surface area contributed by atoms with Gasteiger partial charge in [0.05, 0.1) is 0 Å². The summed E-state index contributed by atoms with van der Waals surface area (Å²) in [5, 5.41) is 3.74. The van der Waals surface area contributed by atoms with Gasteiger partial charge in [-0.05, 0) is 10.7 Å². The largest absolute Gasteiger partial charge is 0.300 e. The predicted molar refractivity (Wildman–Crippen MR) is 35.2 cm³/mol. The maximum Gasteiger partial charge on any atom is 0.280 e. The van der Waals surface area contributed by atoms with Gasteiger partial charge in [0, 0.05) is 6.07 Å². The monoisotopic (exact) mass is 135 g/mol. The molecule has 0 bridgehead atoms. The van der Waals surface area contributed by atoms with Crippen molar-refractivity contribution in [1.29, 1.82) is 0 Å². The standard InChI is InChI=1S/C7H7N2O/c1-9-6-4-2-3-5-7(6)10-8-9/h2-5H,1H3/q+1. The third-order valence-electron chi connectivity index (χ3n) is 1.48. The lowest BCUT2D eigenvalue weighted by molar-refractivity contribution is -0.717. The molecule has 50 valence electrons. The van der Waals surface area contributed by atoms with Crippen LogP contribution in [0.2, 0.25) is 0 Å². The van der Waals surface area contributed by atoms with E-state index in [0.29, 0.717) is 0 Å². The highest BCUT2D eigenvalue weighted by molar-refractivity contribution is 5.67. The van der Waals surface area contributed by atoms with Crippen LogP contribution in [-0.4, -0.2) is 5.27 Å². The van der Waals surface area contributed by atoms with Crippen LogP contribution in [-0.2, 0) is 7.05 Å². The van der Waals surface area contributed by atoms with Crippen molar-refractivity contribution in [2.45, 2.75) is 0 Å². The van der Waals surface area contributed by atoms with Gasteiger partial charge >= 0.3 is 0 Å². The molecule has 1 heterocycles. The fourth-order valence-corrected chi connectivity index (χ4v) is 0.951. The Labute approximate surface area is 57.8 Å². The molecule has 0 saturated heterocycles. The first-order valence-corrected chi connectivity index (χ1v) is 3.08. The van der Waals surface area contributed by atoms with Crippen molar-refractivity contribution in [3.8, 4) is 0 Å². The fraction of sp³-hybridized carbons (Fsp3) is 0.143. The maximum absolute atomic E-state index is 4.96. The summed E-state index contributed by atoms with van der Waals surface area (Å²) in [6.07, 6.45) is 0. The predicted octanol–water partition coefficient (Wildman–Crippen LogP) is 0.652. The normalized spacial score (nSPS) is 10.5. The SMILES string of the molecule is C[n+]1noc2ccccc21. The Kier molecular flexibility index (Phi) is 0.974. The summed E-state index contributed by atoms with van der Waals surface area (Å²) in [4.78, 5) is 0. The van der Waals surface area contributed by atoms with Crippen molar-refractivity contribution in [1.82, 2.24) is 5.27 Å². The van der Waals surface area contributed by atoms with Crippen molar-refractivity contribution in [3.05, 3.63) is 24.3 Å². The van der Waals surface area contributed by atoms with E-state index in [4.69, 9.17) is 4.52 Å². The molecule has 0 amide bonds. The van der Waals surface area contributed by atoms with Gasteiger partial charge in [0.15, 0.2) is 12.3 Å². The Morgan fingerprint density at radius 2 is 2.20 bits per heavy atom. The number of aromatic nitrogens is 2. The van der Waals surface area contributed by atoms with Gasteiger partial charge in [-0.2, -0.15) is 0 Å². The molecule has 0 unspecified atom stereocenters. The van der Waals surface area contributed by atoms with Crippen molar-refractivity contribution >= 4 is 11.1 Å². The summed E-state index contributed by atoms with van der Waals surface area (Å²) in [6, 6.07) is 7.74. The molecule has 0 aliphatic heterocycles. The molecule has 0 radical (unpaired) electrons. The first-order chi connectivity index (χ1) is 4.88.